The molecule has 1 unspecified atom stereocenters. The van der Waals surface area contributed by atoms with Gasteiger partial charge in [0.1, 0.15) is 6.17 Å². The third-order valence-corrected chi connectivity index (χ3v) is 5.32. The van der Waals surface area contributed by atoms with Crippen molar-refractivity contribution in [3.63, 3.8) is 0 Å². The zero-order chi connectivity index (χ0) is 21.5. The fraction of sp³-hybridized carbons (Fsp3) is 0.208. The molecule has 0 radical (unpaired) electrons. The van der Waals surface area contributed by atoms with Gasteiger partial charge in [-0.1, -0.05) is 50.2 Å². The van der Waals surface area contributed by atoms with Crippen LogP contribution in [-0.2, 0) is 6.18 Å². The van der Waals surface area contributed by atoms with Crippen molar-refractivity contribution in [1.82, 2.24) is 0 Å². The van der Waals surface area contributed by atoms with E-state index < -0.39 is 17.9 Å². The fourth-order valence-electron chi connectivity index (χ4n) is 3.63. The number of hydrogen-bond donors (Lipinski definition) is 1. The van der Waals surface area contributed by atoms with E-state index in [2.05, 4.69) is 19.2 Å². The largest absolute Gasteiger partial charge is 0.416 e. The van der Waals surface area contributed by atoms with Crippen molar-refractivity contribution >= 4 is 17.3 Å². The summed E-state index contributed by atoms with van der Waals surface area (Å²) < 4.78 is 39.0. The van der Waals surface area contributed by atoms with Crippen molar-refractivity contribution in [2.24, 2.45) is 0 Å². The number of rotatable bonds is 3. The Bertz CT molecular complexity index is 1060. The molecule has 0 aromatic heterocycles. The SMILES string of the molecule is CC(C)c1ccc(N2C(=O)c3ccccc3NC2c2ccc(C(F)(F)F)cc2)cc1. The van der Waals surface area contributed by atoms with Crippen molar-refractivity contribution in [1.29, 1.82) is 0 Å². The molecule has 1 atom stereocenters. The standard InChI is InChI=1S/C24H21F3N2O/c1-15(2)16-9-13-19(14-10-16)29-22(17-7-11-18(12-8-17)24(25,26)27)28-21-6-4-3-5-20(21)23(29)30/h3-15,22,28H,1-2H3. The third kappa shape index (κ3) is 3.65. The lowest BCUT2D eigenvalue weighted by Crippen LogP contribution is -2.43. The van der Waals surface area contributed by atoms with E-state index in [4.69, 9.17) is 0 Å². The lowest BCUT2D eigenvalue weighted by molar-refractivity contribution is -0.137. The predicted molar refractivity (Wildman–Crippen MR) is 112 cm³/mol. The second kappa shape index (κ2) is 7.52. The number of hydrogen-bond acceptors (Lipinski definition) is 2. The maximum Gasteiger partial charge on any atom is 0.416 e. The van der Waals surface area contributed by atoms with E-state index in [1.807, 2.05) is 30.3 Å². The van der Waals surface area contributed by atoms with Gasteiger partial charge in [-0.25, -0.2) is 0 Å². The average molecular weight is 410 g/mol. The Morgan fingerprint density at radius 2 is 1.53 bits per heavy atom. The van der Waals surface area contributed by atoms with Crippen molar-refractivity contribution in [2.75, 3.05) is 10.2 Å². The van der Waals surface area contributed by atoms with Gasteiger partial charge in [-0.2, -0.15) is 13.2 Å². The molecule has 3 aromatic carbocycles. The molecule has 6 heteroatoms. The van der Waals surface area contributed by atoms with E-state index in [0.717, 1.165) is 17.7 Å². The Hall–Kier alpha value is -3.28. The summed E-state index contributed by atoms with van der Waals surface area (Å²) >= 11 is 0. The number of benzene rings is 3. The van der Waals surface area contributed by atoms with Crippen LogP contribution in [0.2, 0.25) is 0 Å². The summed E-state index contributed by atoms with van der Waals surface area (Å²) in [5.41, 5.74) is 2.84. The van der Waals surface area contributed by atoms with Crippen molar-refractivity contribution in [3.8, 4) is 0 Å². The number of fused-ring (bicyclic) bond motifs is 1. The monoisotopic (exact) mass is 410 g/mol. The van der Waals surface area contributed by atoms with Gasteiger partial charge in [0.05, 0.1) is 11.1 Å². The number of carbonyl (C=O) groups is 1. The Balaban J connectivity index is 1.78. The Kier molecular flexibility index (Phi) is 5.02. The minimum Gasteiger partial charge on any atom is -0.360 e. The summed E-state index contributed by atoms with van der Waals surface area (Å²) in [6, 6.07) is 19.7. The van der Waals surface area contributed by atoms with Gasteiger partial charge in [0.25, 0.3) is 5.91 Å². The molecule has 3 aromatic rings. The van der Waals surface area contributed by atoms with Crippen LogP contribution in [0.25, 0.3) is 0 Å². The number of anilines is 2. The molecule has 1 N–H and O–H groups in total. The van der Waals surface area contributed by atoms with Gasteiger partial charge in [-0.05, 0) is 53.4 Å². The first-order valence-electron chi connectivity index (χ1n) is 9.72. The highest BCUT2D eigenvalue weighted by molar-refractivity contribution is 6.12. The molecule has 0 fully saturated rings. The number of halogens is 3. The van der Waals surface area contributed by atoms with Gasteiger partial charge in [-0.3, -0.25) is 9.69 Å². The zero-order valence-electron chi connectivity index (χ0n) is 16.6. The van der Waals surface area contributed by atoms with Gasteiger partial charge in [0, 0.05) is 11.4 Å². The molecule has 1 aliphatic heterocycles. The van der Waals surface area contributed by atoms with Gasteiger partial charge >= 0.3 is 6.18 Å². The first-order chi connectivity index (χ1) is 14.3. The second-order valence-corrected chi connectivity index (χ2v) is 7.63. The van der Waals surface area contributed by atoms with Gasteiger partial charge in [-0.15, -0.1) is 0 Å². The lowest BCUT2D eigenvalue weighted by atomic mass is 9.99. The molecule has 4 rings (SSSR count). The molecule has 30 heavy (non-hydrogen) atoms. The molecule has 0 saturated heterocycles. The maximum absolute atomic E-state index is 13.4. The predicted octanol–water partition coefficient (Wildman–Crippen LogP) is 6.60. The normalized spacial score (nSPS) is 16.4. The Labute approximate surface area is 173 Å². The lowest BCUT2D eigenvalue weighted by Gasteiger charge is -2.38. The highest BCUT2D eigenvalue weighted by Gasteiger charge is 2.35. The average Bonchev–Trinajstić information content (AvgIpc) is 2.73. The van der Waals surface area contributed by atoms with Crippen molar-refractivity contribution in [2.45, 2.75) is 32.1 Å². The van der Waals surface area contributed by atoms with Crippen LogP contribution < -0.4 is 10.2 Å². The summed E-state index contributed by atoms with van der Waals surface area (Å²) in [6.45, 7) is 4.17. The number of para-hydroxylation sites is 1. The second-order valence-electron chi connectivity index (χ2n) is 7.63. The van der Waals surface area contributed by atoms with Gasteiger partial charge < -0.3 is 5.32 Å². The van der Waals surface area contributed by atoms with Crippen LogP contribution in [0, 0.1) is 0 Å². The molecule has 154 valence electrons. The van der Waals surface area contributed by atoms with E-state index >= 15 is 0 Å². The summed E-state index contributed by atoms with van der Waals surface area (Å²) in [5.74, 6) is 0.146. The molecule has 1 heterocycles. The topological polar surface area (TPSA) is 32.3 Å². The van der Waals surface area contributed by atoms with Crippen LogP contribution in [0.1, 0.15) is 53.0 Å². The number of alkyl halides is 3. The summed E-state index contributed by atoms with van der Waals surface area (Å²) in [6.07, 6.45) is -5.03. The van der Waals surface area contributed by atoms with Crippen LogP contribution in [0.3, 0.4) is 0 Å². The molecule has 0 spiro atoms. The molecule has 3 nitrogen and oxygen atoms in total. The smallest absolute Gasteiger partial charge is 0.360 e. The molecule has 0 bridgehead atoms. The summed E-state index contributed by atoms with van der Waals surface area (Å²) in [5, 5.41) is 3.31. The number of amides is 1. The quantitative estimate of drug-likeness (QED) is 0.528. The molecule has 1 amide bonds. The van der Waals surface area contributed by atoms with Crippen LogP contribution >= 0.6 is 0 Å². The minimum absolute atomic E-state index is 0.202. The van der Waals surface area contributed by atoms with E-state index in [-0.39, 0.29) is 5.91 Å². The zero-order valence-corrected chi connectivity index (χ0v) is 16.6. The first-order valence-corrected chi connectivity index (χ1v) is 9.72. The summed E-state index contributed by atoms with van der Waals surface area (Å²) in [7, 11) is 0. The minimum atomic E-state index is -4.41. The first kappa shape index (κ1) is 20.0. The van der Waals surface area contributed by atoms with E-state index in [9.17, 15) is 18.0 Å². The van der Waals surface area contributed by atoms with Crippen molar-refractivity contribution < 1.29 is 18.0 Å². The molecular formula is C24H21F3N2O. The molecular weight excluding hydrogens is 389 g/mol. The fourth-order valence-corrected chi connectivity index (χ4v) is 3.63. The molecule has 1 aliphatic rings. The summed E-state index contributed by atoms with van der Waals surface area (Å²) in [4.78, 5) is 14.9. The van der Waals surface area contributed by atoms with Crippen LogP contribution in [0.4, 0.5) is 24.5 Å². The third-order valence-electron chi connectivity index (χ3n) is 5.32. The maximum atomic E-state index is 13.4. The van der Waals surface area contributed by atoms with Crippen LogP contribution in [-0.4, -0.2) is 5.91 Å². The highest BCUT2D eigenvalue weighted by atomic mass is 19.4. The van der Waals surface area contributed by atoms with Gasteiger partial charge in [0.2, 0.25) is 0 Å². The van der Waals surface area contributed by atoms with Crippen LogP contribution in [0.5, 0.6) is 0 Å². The number of nitrogens with one attached hydrogen (secondary N) is 1. The van der Waals surface area contributed by atoms with E-state index in [0.29, 0.717) is 28.4 Å². The van der Waals surface area contributed by atoms with E-state index in [1.165, 1.54) is 12.1 Å². The van der Waals surface area contributed by atoms with Crippen LogP contribution in [0.15, 0.2) is 72.8 Å². The molecule has 0 aliphatic carbocycles. The van der Waals surface area contributed by atoms with Crippen molar-refractivity contribution in [3.05, 3.63) is 95.1 Å². The Morgan fingerprint density at radius 1 is 0.900 bits per heavy atom. The Morgan fingerprint density at radius 3 is 2.13 bits per heavy atom. The highest BCUT2D eigenvalue weighted by Crippen LogP contribution is 2.38. The number of nitrogens with zero attached hydrogens (tertiary/aromatic N) is 1. The van der Waals surface area contributed by atoms with E-state index in [1.54, 1.807) is 23.1 Å². The number of carbonyl (C=O) groups excluding carboxylic acids is 1. The molecule has 0 saturated carbocycles. The van der Waals surface area contributed by atoms with Gasteiger partial charge in [0.15, 0.2) is 0 Å².